The van der Waals surface area contributed by atoms with Gasteiger partial charge in [0.05, 0.1) is 48.2 Å². The van der Waals surface area contributed by atoms with Crippen LogP contribution in [0.5, 0.6) is 11.6 Å². The lowest BCUT2D eigenvalue weighted by atomic mass is 9.86. The normalized spacial score (nSPS) is 23.9. The van der Waals surface area contributed by atoms with Crippen LogP contribution in [-0.2, 0) is 0 Å². The van der Waals surface area contributed by atoms with Crippen molar-refractivity contribution in [1.82, 2.24) is 34.7 Å². The number of nitrogens with one attached hydrogen (secondary N) is 1. The third-order valence-electron chi connectivity index (χ3n) is 9.57. The molecule has 12 heteroatoms. The number of anilines is 1. The summed E-state index contributed by atoms with van der Waals surface area (Å²) < 4.78 is 13.1. The predicted molar refractivity (Wildman–Crippen MR) is 162 cm³/mol. The van der Waals surface area contributed by atoms with E-state index in [9.17, 15) is 10.1 Å². The molecule has 5 saturated heterocycles. The number of carbonyl (C=O) groups is 1. The maximum absolute atomic E-state index is 13.2. The summed E-state index contributed by atoms with van der Waals surface area (Å²) in [5.74, 6) is 2.08. The summed E-state index contributed by atoms with van der Waals surface area (Å²) in [7, 11) is 1.56. The Balaban J connectivity index is 0.973. The highest BCUT2D eigenvalue weighted by Crippen LogP contribution is 2.37. The summed E-state index contributed by atoms with van der Waals surface area (Å²) in [5, 5.41) is 17.7. The van der Waals surface area contributed by atoms with Crippen molar-refractivity contribution < 1.29 is 14.3 Å². The van der Waals surface area contributed by atoms with Crippen molar-refractivity contribution in [3.05, 3.63) is 66.2 Å². The lowest BCUT2D eigenvalue weighted by molar-refractivity contribution is -0.0212. The first-order valence-corrected chi connectivity index (χ1v) is 15.1. The summed E-state index contributed by atoms with van der Waals surface area (Å²) in [6.45, 7) is 5.03. The number of amides is 1. The first-order valence-electron chi connectivity index (χ1n) is 15.1. The highest BCUT2D eigenvalue weighted by molar-refractivity contribution is 5.95. The smallest absolute Gasteiger partial charge is 0.256 e. The molecule has 44 heavy (non-hydrogen) atoms. The summed E-state index contributed by atoms with van der Waals surface area (Å²) >= 11 is 0. The molecule has 5 aliphatic heterocycles. The van der Waals surface area contributed by atoms with Crippen molar-refractivity contribution in [2.45, 2.75) is 37.0 Å². The molecule has 5 fully saturated rings. The standard InChI is InChI=1S/C32H33N9O3/c1-43-30-5-3-21(13-36-30)32(42)41-25-9-26(41)18-38(17-25)29-4-2-20(12-35-29)28-10-27(19-40-31(28)22(11-33)14-37-40)44-7-6-39-23-8-24(39)16-34-15-23/h2-5,10,12-14,19,23-26,34H,6-9,15-18H2,1H3. The summed E-state index contributed by atoms with van der Waals surface area (Å²) in [6.07, 6.45) is 9.12. The fourth-order valence-electron chi connectivity index (χ4n) is 7.31. The average molecular weight is 592 g/mol. The van der Waals surface area contributed by atoms with Crippen LogP contribution in [0.15, 0.2) is 55.1 Å². The first kappa shape index (κ1) is 26.9. The number of nitriles is 1. The molecule has 9 heterocycles. The number of methoxy groups -OCH3 is 1. The highest BCUT2D eigenvalue weighted by Gasteiger charge is 2.47. The molecule has 4 aromatic rings. The lowest BCUT2D eigenvalue weighted by Gasteiger charge is -2.56. The molecule has 1 amide bonds. The molecule has 5 aliphatic rings. The molecule has 0 aliphatic carbocycles. The number of ether oxygens (including phenoxy) is 2. The van der Waals surface area contributed by atoms with Crippen molar-refractivity contribution in [3.63, 3.8) is 0 Å². The third-order valence-corrected chi connectivity index (χ3v) is 9.57. The van der Waals surface area contributed by atoms with E-state index in [4.69, 9.17) is 14.5 Å². The molecule has 0 aromatic carbocycles. The second-order valence-electron chi connectivity index (χ2n) is 12.0. The second-order valence-corrected chi connectivity index (χ2v) is 12.0. The van der Waals surface area contributed by atoms with Gasteiger partial charge in [0.25, 0.3) is 5.91 Å². The number of aromatic nitrogens is 4. The minimum Gasteiger partial charge on any atom is -0.491 e. The molecule has 9 rings (SSSR count). The number of pyridine rings is 3. The molecule has 4 aromatic heterocycles. The zero-order valence-electron chi connectivity index (χ0n) is 24.5. The Morgan fingerprint density at radius 2 is 1.86 bits per heavy atom. The van der Waals surface area contributed by atoms with Gasteiger partial charge in [0, 0.05) is 74.4 Å². The minimum atomic E-state index is 0.00863. The van der Waals surface area contributed by atoms with E-state index < -0.39 is 0 Å². The maximum atomic E-state index is 13.2. The molecular weight excluding hydrogens is 558 g/mol. The van der Waals surface area contributed by atoms with Crippen molar-refractivity contribution in [1.29, 1.82) is 5.26 Å². The van der Waals surface area contributed by atoms with Gasteiger partial charge in [-0.3, -0.25) is 9.69 Å². The van der Waals surface area contributed by atoms with E-state index in [1.165, 1.54) is 6.42 Å². The van der Waals surface area contributed by atoms with Crippen LogP contribution in [-0.4, -0.2) is 106 Å². The Bertz CT molecular complexity index is 1720. The summed E-state index contributed by atoms with van der Waals surface area (Å²) in [4.78, 5) is 28.9. The van der Waals surface area contributed by atoms with Crippen LogP contribution in [0.1, 0.15) is 28.8 Å². The van der Waals surface area contributed by atoms with E-state index in [0.717, 1.165) is 61.6 Å². The summed E-state index contributed by atoms with van der Waals surface area (Å²) in [5.41, 5.74) is 3.55. The van der Waals surface area contributed by atoms with Crippen LogP contribution in [0.3, 0.4) is 0 Å². The fourth-order valence-corrected chi connectivity index (χ4v) is 7.31. The zero-order valence-corrected chi connectivity index (χ0v) is 24.5. The number of nitrogens with zero attached hydrogens (tertiary/aromatic N) is 8. The molecule has 224 valence electrons. The second kappa shape index (κ2) is 10.8. The Kier molecular flexibility index (Phi) is 6.57. The van der Waals surface area contributed by atoms with Gasteiger partial charge in [-0.15, -0.1) is 0 Å². The van der Waals surface area contributed by atoms with Crippen LogP contribution in [0.25, 0.3) is 16.6 Å². The SMILES string of the molecule is COc1ccc(C(=O)N2C3CC2CN(c2ccc(-c4cc(OCCN5C6CNCC5C6)cn5ncc(C#N)c45)cn2)C3)cn1. The molecule has 0 radical (unpaired) electrons. The van der Waals surface area contributed by atoms with Crippen molar-refractivity contribution in [2.75, 3.05) is 51.3 Å². The van der Waals surface area contributed by atoms with Gasteiger partial charge in [-0.2, -0.15) is 10.4 Å². The molecule has 0 saturated carbocycles. The van der Waals surface area contributed by atoms with Crippen molar-refractivity contribution in [2.24, 2.45) is 0 Å². The van der Waals surface area contributed by atoms with Gasteiger partial charge in [0.1, 0.15) is 24.2 Å². The number of piperidine rings is 2. The molecule has 0 spiro atoms. The Morgan fingerprint density at radius 3 is 2.55 bits per heavy atom. The number of hydrogen-bond acceptors (Lipinski definition) is 10. The third kappa shape index (κ3) is 4.51. The molecule has 4 bridgehead atoms. The van der Waals surface area contributed by atoms with E-state index >= 15 is 0 Å². The van der Waals surface area contributed by atoms with Gasteiger partial charge < -0.3 is 24.6 Å². The molecule has 4 atom stereocenters. The quantitative estimate of drug-likeness (QED) is 0.326. The zero-order chi connectivity index (χ0) is 29.8. The predicted octanol–water partition coefficient (Wildman–Crippen LogP) is 2.20. The van der Waals surface area contributed by atoms with E-state index in [2.05, 4.69) is 31.3 Å². The molecule has 1 N–H and O–H groups in total. The average Bonchev–Trinajstić information content (AvgIpc) is 3.50. The number of rotatable bonds is 8. The van der Waals surface area contributed by atoms with Crippen molar-refractivity contribution >= 4 is 17.2 Å². The molecule has 12 nitrogen and oxygen atoms in total. The summed E-state index contributed by atoms with van der Waals surface area (Å²) in [6, 6.07) is 13.3. The van der Waals surface area contributed by atoms with E-state index in [1.807, 2.05) is 35.5 Å². The molecule has 4 unspecified atom stereocenters. The van der Waals surface area contributed by atoms with Crippen molar-refractivity contribution in [3.8, 4) is 28.8 Å². The van der Waals surface area contributed by atoms with Gasteiger partial charge in [-0.05, 0) is 37.1 Å². The van der Waals surface area contributed by atoms with Gasteiger partial charge in [0.2, 0.25) is 5.88 Å². The monoisotopic (exact) mass is 591 g/mol. The number of hydrogen-bond donors (Lipinski definition) is 1. The van der Waals surface area contributed by atoms with Crippen LogP contribution in [0, 0.1) is 11.3 Å². The largest absolute Gasteiger partial charge is 0.491 e. The van der Waals surface area contributed by atoms with Gasteiger partial charge in [-0.1, -0.05) is 0 Å². The van der Waals surface area contributed by atoms with Crippen LogP contribution in [0.2, 0.25) is 0 Å². The number of carbonyl (C=O) groups excluding carboxylic acids is 1. The Labute approximate surface area is 254 Å². The lowest BCUT2D eigenvalue weighted by Crippen LogP contribution is -2.70. The number of piperazine rings is 2. The van der Waals surface area contributed by atoms with Gasteiger partial charge >= 0.3 is 0 Å². The van der Waals surface area contributed by atoms with Gasteiger partial charge in [0.15, 0.2) is 0 Å². The van der Waals surface area contributed by atoms with E-state index in [-0.39, 0.29) is 18.0 Å². The Hall–Kier alpha value is -4.73. The van der Waals surface area contributed by atoms with E-state index in [1.54, 1.807) is 36.2 Å². The maximum Gasteiger partial charge on any atom is 0.256 e. The van der Waals surface area contributed by atoms with Gasteiger partial charge in [-0.25, -0.2) is 14.5 Å². The van der Waals surface area contributed by atoms with E-state index in [0.29, 0.717) is 41.4 Å². The Morgan fingerprint density at radius 1 is 1.05 bits per heavy atom. The van der Waals surface area contributed by atoms with Crippen LogP contribution < -0.4 is 19.7 Å². The first-order chi connectivity index (χ1) is 21.6. The topological polar surface area (TPSA) is 124 Å². The minimum absolute atomic E-state index is 0.00863. The van der Waals surface area contributed by atoms with Crippen LogP contribution in [0.4, 0.5) is 5.82 Å². The fraction of sp³-hybridized carbons (Fsp3) is 0.406. The highest BCUT2D eigenvalue weighted by atomic mass is 16.5. The number of fused-ring (bicyclic) bond motifs is 5. The van der Waals surface area contributed by atoms with Crippen LogP contribution >= 0.6 is 0 Å². The molecular formula is C32H33N9O3.